The van der Waals surface area contributed by atoms with Gasteiger partial charge in [0.1, 0.15) is 12.4 Å². The maximum atomic E-state index is 13.7. The number of carbonyl (C=O) groups is 1. The summed E-state index contributed by atoms with van der Waals surface area (Å²) in [5.41, 5.74) is 2.23. The average Bonchev–Trinajstić information content (AvgIpc) is 3.12. The van der Waals surface area contributed by atoms with E-state index in [4.69, 9.17) is 9.47 Å². The molecule has 0 spiro atoms. The molecule has 174 valence electrons. The first-order valence-corrected chi connectivity index (χ1v) is 12.3. The summed E-state index contributed by atoms with van der Waals surface area (Å²) in [6.07, 6.45) is 3.47. The van der Waals surface area contributed by atoms with E-state index in [1.54, 1.807) is 30.6 Å². The number of ether oxygens (including phenoxy) is 2. The number of fused-ring (bicyclic) bond motifs is 1. The standard InChI is InChI=1S/C26H23BrN2O4S/c1-4-14-33-20-9-7-6-8-18(20)15-21-24(30)29-23(17-10-12-19(27)13-11-17)22(25(31)32-5-2)16(3)28-26(29)34-21/h4,6-13,15,23H,1,5,14H2,2-3H3. The monoisotopic (exact) mass is 538 g/mol. The van der Waals surface area contributed by atoms with Crippen molar-refractivity contribution in [1.29, 1.82) is 0 Å². The lowest BCUT2D eigenvalue weighted by Crippen LogP contribution is -2.39. The maximum Gasteiger partial charge on any atom is 0.338 e. The average molecular weight is 539 g/mol. The third kappa shape index (κ3) is 4.69. The Balaban J connectivity index is 1.92. The zero-order chi connectivity index (χ0) is 24.2. The summed E-state index contributed by atoms with van der Waals surface area (Å²) in [7, 11) is 0. The van der Waals surface area contributed by atoms with Crippen LogP contribution in [0.15, 0.2) is 86.7 Å². The molecular formula is C26H23BrN2O4S. The highest BCUT2D eigenvalue weighted by Crippen LogP contribution is 2.31. The molecule has 1 aliphatic heterocycles. The van der Waals surface area contributed by atoms with Gasteiger partial charge in [-0.2, -0.15) is 0 Å². The molecule has 0 radical (unpaired) electrons. The van der Waals surface area contributed by atoms with Gasteiger partial charge in [-0.1, -0.05) is 70.3 Å². The molecule has 1 unspecified atom stereocenters. The van der Waals surface area contributed by atoms with E-state index >= 15 is 0 Å². The Bertz CT molecular complexity index is 1450. The van der Waals surface area contributed by atoms with Crippen LogP contribution >= 0.6 is 27.3 Å². The van der Waals surface area contributed by atoms with Gasteiger partial charge in [0.15, 0.2) is 4.80 Å². The summed E-state index contributed by atoms with van der Waals surface area (Å²) in [5, 5.41) is 0. The summed E-state index contributed by atoms with van der Waals surface area (Å²) >= 11 is 4.73. The van der Waals surface area contributed by atoms with Crippen molar-refractivity contribution in [2.24, 2.45) is 4.99 Å². The number of thiazole rings is 1. The molecule has 0 saturated carbocycles. The van der Waals surface area contributed by atoms with Crippen molar-refractivity contribution in [3.63, 3.8) is 0 Å². The van der Waals surface area contributed by atoms with Crippen LogP contribution in [0.4, 0.5) is 0 Å². The molecule has 1 atom stereocenters. The predicted molar refractivity (Wildman–Crippen MR) is 137 cm³/mol. The number of nitrogens with zero attached hydrogens (tertiary/aromatic N) is 2. The molecule has 0 aliphatic carbocycles. The second kappa shape index (κ2) is 10.4. The topological polar surface area (TPSA) is 69.9 Å². The SMILES string of the molecule is C=CCOc1ccccc1C=c1sc2n(c1=O)C(c1ccc(Br)cc1)C(C(=O)OCC)=C(C)N=2. The number of allylic oxidation sites excluding steroid dienone is 1. The number of aromatic nitrogens is 1. The zero-order valence-corrected chi connectivity index (χ0v) is 21.2. The Kier molecular flexibility index (Phi) is 7.29. The van der Waals surface area contributed by atoms with Crippen molar-refractivity contribution in [2.75, 3.05) is 13.2 Å². The van der Waals surface area contributed by atoms with E-state index in [0.717, 1.165) is 15.6 Å². The molecule has 2 heterocycles. The van der Waals surface area contributed by atoms with E-state index in [9.17, 15) is 9.59 Å². The van der Waals surface area contributed by atoms with Gasteiger partial charge in [-0.25, -0.2) is 9.79 Å². The largest absolute Gasteiger partial charge is 0.489 e. The Labute approximate surface area is 209 Å². The van der Waals surface area contributed by atoms with Gasteiger partial charge in [-0.15, -0.1) is 0 Å². The highest BCUT2D eigenvalue weighted by atomic mass is 79.9. The quantitative estimate of drug-likeness (QED) is 0.335. The summed E-state index contributed by atoms with van der Waals surface area (Å²) in [4.78, 5) is 31.7. The normalized spacial score (nSPS) is 15.5. The molecule has 1 aliphatic rings. The fraction of sp³-hybridized carbons (Fsp3) is 0.192. The molecule has 4 rings (SSSR count). The van der Waals surface area contributed by atoms with Crippen molar-refractivity contribution in [3.8, 4) is 5.75 Å². The first-order chi connectivity index (χ1) is 16.4. The highest BCUT2D eigenvalue weighted by Gasteiger charge is 2.33. The van der Waals surface area contributed by atoms with E-state index in [1.165, 1.54) is 11.3 Å². The van der Waals surface area contributed by atoms with Gasteiger partial charge in [0.05, 0.1) is 28.5 Å². The third-order valence-electron chi connectivity index (χ3n) is 5.27. The van der Waals surface area contributed by atoms with Crippen LogP contribution in [-0.2, 0) is 9.53 Å². The van der Waals surface area contributed by atoms with Crippen LogP contribution in [0, 0.1) is 0 Å². The fourth-order valence-corrected chi connectivity index (χ4v) is 5.07. The molecule has 0 bridgehead atoms. The van der Waals surface area contributed by atoms with Crippen molar-refractivity contribution < 1.29 is 14.3 Å². The van der Waals surface area contributed by atoms with Crippen molar-refractivity contribution in [3.05, 3.63) is 108 Å². The van der Waals surface area contributed by atoms with Crippen molar-refractivity contribution in [1.82, 2.24) is 4.57 Å². The first-order valence-electron chi connectivity index (χ1n) is 10.7. The van der Waals surface area contributed by atoms with Gasteiger partial charge in [-0.05, 0) is 43.7 Å². The number of para-hydroxylation sites is 1. The van der Waals surface area contributed by atoms with Gasteiger partial charge in [0.2, 0.25) is 0 Å². The smallest absolute Gasteiger partial charge is 0.338 e. The van der Waals surface area contributed by atoms with Gasteiger partial charge < -0.3 is 9.47 Å². The van der Waals surface area contributed by atoms with Crippen LogP contribution in [0.25, 0.3) is 6.08 Å². The number of rotatable bonds is 7. The van der Waals surface area contributed by atoms with Gasteiger partial charge in [0.25, 0.3) is 5.56 Å². The molecule has 8 heteroatoms. The summed E-state index contributed by atoms with van der Waals surface area (Å²) in [5.74, 6) is 0.176. The number of esters is 1. The second-order valence-electron chi connectivity index (χ2n) is 7.49. The minimum absolute atomic E-state index is 0.231. The lowest BCUT2D eigenvalue weighted by Gasteiger charge is -2.24. The van der Waals surface area contributed by atoms with Crippen LogP contribution in [0.1, 0.15) is 31.0 Å². The Morgan fingerprint density at radius 3 is 2.68 bits per heavy atom. The van der Waals surface area contributed by atoms with Crippen LogP contribution < -0.4 is 19.6 Å². The summed E-state index contributed by atoms with van der Waals surface area (Å²) in [6.45, 7) is 7.80. The minimum atomic E-state index is -0.641. The van der Waals surface area contributed by atoms with E-state index in [1.807, 2.05) is 48.5 Å². The molecular weight excluding hydrogens is 516 g/mol. The maximum absolute atomic E-state index is 13.7. The lowest BCUT2D eigenvalue weighted by molar-refractivity contribution is -0.139. The highest BCUT2D eigenvalue weighted by molar-refractivity contribution is 9.10. The Hall–Kier alpha value is -3.23. The molecule has 0 saturated heterocycles. The van der Waals surface area contributed by atoms with Crippen molar-refractivity contribution in [2.45, 2.75) is 19.9 Å². The van der Waals surface area contributed by atoms with Crippen LogP contribution in [-0.4, -0.2) is 23.8 Å². The van der Waals surface area contributed by atoms with E-state index < -0.39 is 12.0 Å². The van der Waals surface area contributed by atoms with Gasteiger partial charge in [-0.3, -0.25) is 9.36 Å². The molecule has 0 amide bonds. The number of hydrogen-bond acceptors (Lipinski definition) is 6. The lowest BCUT2D eigenvalue weighted by atomic mass is 9.96. The molecule has 0 fully saturated rings. The molecule has 34 heavy (non-hydrogen) atoms. The summed E-state index contributed by atoms with van der Waals surface area (Å²) in [6, 6.07) is 14.4. The van der Waals surface area contributed by atoms with Crippen LogP contribution in [0.3, 0.4) is 0 Å². The minimum Gasteiger partial charge on any atom is -0.489 e. The van der Waals surface area contributed by atoms with Crippen LogP contribution in [0.5, 0.6) is 5.75 Å². The van der Waals surface area contributed by atoms with E-state index in [-0.39, 0.29) is 12.2 Å². The molecule has 6 nitrogen and oxygen atoms in total. The summed E-state index contributed by atoms with van der Waals surface area (Å²) < 4.78 is 14.0. The molecule has 2 aromatic carbocycles. The van der Waals surface area contributed by atoms with Crippen molar-refractivity contribution >= 4 is 39.3 Å². The fourth-order valence-electron chi connectivity index (χ4n) is 3.77. The first kappa shape index (κ1) is 23.9. The third-order valence-corrected chi connectivity index (χ3v) is 6.78. The van der Waals surface area contributed by atoms with E-state index in [2.05, 4.69) is 27.5 Å². The zero-order valence-electron chi connectivity index (χ0n) is 18.8. The number of carbonyl (C=O) groups excluding carboxylic acids is 1. The number of halogens is 1. The van der Waals surface area contributed by atoms with Gasteiger partial charge in [0, 0.05) is 10.0 Å². The molecule has 3 aromatic rings. The predicted octanol–water partition coefficient (Wildman–Crippen LogP) is 4.13. The molecule has 1 aromatic heterocycles. The molecule has 0 N–H and O–H groups in total. The number of benzene rings is 2. The Morgan fingerprint density at radius 1 is 1.24 bits per heavy atom. The Morgan fingerprint density at radius 2 is 1.97 bits per heavy atom. The van der Waals surface area contributed by atoms with Crippen LogP contribution in [0.2, 0.25) is 0 Å². The number of hydrogen-bond donors (Lipinski definition) is 0. The van der Waals surface area contributed by atoms with Gasteiger partial charge >= 0.3 is 5.97 Å². The second-order valence-corrected chi connectivity index (χ2v) is 9.42. The van der Waals surface area contributed by atoms with E-state index in [0.29, 0.717) is 33.0 Å².